The van der Waals surface area contributed by atoms with Crippen LogP contribution in [0.15, 0.2) is 158 Å². The standard InChI is InChI=1S/C52H44N4Si/c1-51(2,3)35-21-25-39-37-23-19-33(41-15-11-17-45(55-41)43-13-7-9-27-53-43)29-47(37)57(49(39)31-35)48-30-34(42-16-12-18-46(56-42)44-14-8-10-28-54-44)20-24-38(48)40-26-22-36(32-50(40)57)52(4,5)6/h7-32H,1-6H3. The summed E-state index contributed by atoms with van der Waals surface area (Å²) >= 11 is 0. The van der Waals surface area contributed by atoms with Crippen LogP contribution < -0.4 is 20.7 Å². The van der Waals surface area contributed by atoms with Gasteiger partial charge < -0.3 is 0 Å². The van der Waals surface area contributed by atoms with E-state index in [9.17, 15) is 0 Å². The molecule has 5 heteroatoms. The number of benzene rings is 4. The lowest BCUT2D eigenvalue weighted by molar-refractivity contribution is 0.590. The van der Waals surface area contributed by atoms with E-state index in [1.54, 1.807) is 0 Å². The number of nitrogens with zero attached hydrogens (tertiary/aromatic N) is 4. The predicted molar refractivity (Wildman–Crippen MR) is 238 cm³/mol. The molecule has 0 aliphatic carbocycles. The van der Waals surface area contributed by atoms with E-state index in [0.29, 0.717) is 0 Å². The van der Waals surface area contributed by atoms with Crippen molar-refractivity contribution in [2.75, 3.05) is 0 Å². The van der Waals surface area contributed by atoms with Crippen molar-refractivity contribution in [2.45, 2.75) is 52.4 Å². The van der Waals surface area contributed by atoms with E-state index in [-0.39, 0.29) is 10.8 Å². The molecule has 2 aliphatic heterocycles. The molecule has 4 aromatic heterocycles. The van der Waals surface area contributed by atoms with E-state index >= 15 is 0 Å². The summed E-state index contributed by atoms with van der Waals surface area (Å²) in [4.78, 5) is 19.7. The molecule has 0 amide bonds. The van der Waals surface area contributed by atoms with Crippen LogP contribution >= 0.6 is 0 Å². The van der Waals surface area contributed by atoms with Crippen LogP contribution in [0, 0.1) is 0 Å². The summed E-state index contributed by atoms with van der Waals surface area (Å²) < 4.78 is 0. The molecule has 0 unspecified atom stereocenters. The zero-order chi connectivity index (χ0) is 39.1. The average molecular weight is 753 g/mol. The van der Waals surface area contributed by atoms with Gasteiger partial charge in [-0.15, -0.1) is 0 Å². The normalized spacial score (nSPS) is 13.6. The Bertz CT molecular complexity index is 2670. The fourth-order valence-corrected chi connectivity index (χ4v) is 14.7. The zero-order valence-corrected chi connectivity index (χ0v) is 34.3. The van der Waals surface area contributed by atoms with E-state index in [0.717, 1.165) is 45.3 Å². The first-order valence-electron chi connectivity index (χ1n) is 19.9. The molecule has 276 valence electrons. The third-order valence-electron chi connectivity index (χ3n) is 12.0. The van der Waals surface area contributed by atoms with E-state index in [1.165, 1.54) is 54.1 Å². The van der Waals surface area contributed by atoms with Gasteiger partial charge in [0.2, 0.25) is 0 Å². The van der Waals surface area contributed by atoms with Gasteiger partial charge in [-0.25, -0.2) is 9.97 Å². The predicted octanol–water partition coefficient (Wildman–Crippen LogP) is 9.87. The first-order chi connectivity index (χ1) is 27.5. The molecule has 6 heterocycles. The lowest BCUT2D eigenvalue weighted by Gasteiger charge is -2.31. The minimum atomic E-state index is -2.94. The van der Waals surface area contributed by atoms with Crippen LogP contribution in [-0.4, -0.2) is 28.0 Å². The Morgan fingerprint density at radius 1 is 0.351 bits per heavy atom. The lowest BCUT2D eigenvalue weighted by atomic mass is 9.86. The summed E-state index contributed by atoms with van der Waals surface area (Å²) in [6.07, 6.45) is 3.66. The Kier molecular flexibility index (Phi) is 7.93. The largest absolute Gasteiger partial charge is 0.255 e. The highest BCUT2D eigenvalue weighted by Crippen LogP contribution is 2.41. The van der Waals surface area contributed by atoms with Crippen molar-refractivity contribution in [1.29, 1.82) is 0 Å². The van der Waals surface area contributed by atoms with Gasteiger partial charge >= 0.3 is 0 Å². The monoisotopic (exact) mass is 752 g/mol. The quantitative estimate of drug-likeness (QED) is 0.168. The Labute approximate surface area is 336 Å². The van der Waals surface area contributed by atoms with Gasteiger partial charge in [-0.3, -0.25) is 9.97 Å². The van der Waals surface area contributed by atoms with Crippen molar-refractivity contribution in [3.8, 4) is 67.5 Å². The Hall–Kier alpha value is -6.30. The summed E-state index contributed by atoms with van der Waals surface area (Å²) in [5, 5.41) is 5.78. The molecule has 0 saturated heterocycles. The second-order valence-corrected chi connectivity index (χ2v) is 21.2. The maximum Gasteiger partial charge on any atom is 0.182 e. The number of pyridine rings is 4. The van der Waals surface area contributed by atoms with Crippen LogP contribution in [0.3, 0.4) is 0 Å². The zero-order valence-electron chi connectivity index (χ0n) is 33.3. The van der Waals surface area contributed by atoms with Crippen molar-refractivity contribution in [1.82, 2.24) is 19.9 Å². The minimum Gasteiger partial charge on any atom is -0.255 e. The summed E-state index contributed by atoms with van der Waals surface area (Å²) in [5.74, 6) is 0. The number of aromatic nitrogens is 4. The summed E-state index contributed by atoms with van der Waals surface area (Å²) in [7, 11) is -2.94. The molecule has 57 heavy (non-hydrogen) atoms. The van der Waals surface area contributed by atoms with Gasteiger partial charge in [0.1, 0.15) is 0 Å². The molecule has 2 aliphatic rings. The molecule has 0 N–H and O–H groups in total. The van der Waals surface area contributed by atoms with Gasteiger partial charge in [-0.2, -0.15) is 0 Å². The van der Waals surface area contributed by atoms with Crippen LogP contribution in [0.4, 0.5) is 0 Å². The average Bonchev–Trinajstić information content (AvgIpc) is 3.69. The van der Waals surface area contributed by atoms with Crippen molar-refractivity contribution in [3.63, 3.8) is 0 Å². The van der Waals surface area contributed by atoms with E-state index in [4.69, 9.17) is 9.97 Å². The Balaban J connectivity index is 1.27. The highest BCUT2D eigenvalue weighted by atomic mass is 28.3. The van der Waals surface area contributed by atoms with Crippen LogP contribution in [0.5, 0.6) is 0 Å². The smallest absolute Gasteiger partial charge is 0.182 e. The van der Waals surface area contributed by atoms with E-state index in [1.807, 2.05) is 48.8 Å². The van der Waals surface area contributed by atoms with Crippen molar-refractivity contribution < 1.29 is 0 Å². The topological polar surface area (TPSA) is 51.6 Å². The SMILES string of the molecule is CC(C)(C)c1ccc2c(c1)[Si]1(c3cc(-c4cccc(-c5ccccn5)n4)ccc3-2)c2cc(-c3cccc(-c4ccccn4)n3)ccc2-c2ccc(C(C)(C)C)cc21. The van der Waals surface area contributed by atoms with Gasteiger partial charge in [-0.1, -0.05) is 139 Å². The van der Waals surface area contributed by atoms with Crippen LogP contribution in [0.2, 0.25) is 0 Å². The Morgan fingerprint density at radius 3 is 1.11 bits per heavy atom. The third-order valence-corrected chi connectivity index (χ3v) is 16.8. The minimum absolute atomic E-state index is 0.0183. The van der Waals surface area contributed by atoms with Crippen molar-refractivity contribution >= 4 is 28.8 Å². The number of hydrogen-bond acceptors (Lipinski definition) is 4. The highest BCUT2D eigenvalue weighted by Gasteiger charge is 2.55. The maximum atomic E-state index is 5.21. The molecule has 1 spiro atoms. The molecule has 8 aromatic rings. The lowest BCUT2D eigenvalue weighted by Crippen LogP contribution is -2.71. The van der Waals surface area contributed by atoms with Gasteiger partial charge in [0.15, 0.2) is 8.07 Å². The molecule has 0 saturated carbocycles. The third kappa shape index (κ3) is 5.63. The van der Waals surface area contributed by atoms with Crippen molar-refractivity contribution in [2.24, 2.45) is 0 Å². The first-order valence-corrected chi connectivity index (χ1v) is 21.9. The van der Waals surface area contributed by atoms with Gasteiger partial charge in [0, 0.05) is 23.5 Å². The van der Waals surface area contributed by atoms with Crippen LogP contribution in [0.1, 0.15) is 52.7 Å². The number of rotatable bonds is 4. The molecule has 0 bridgehead atoms. The second-order valence-electron chi connectivity index (χ2n) is 17.5. The molecule has 0 atom stereocenters. The number of hydrogen-bond donors (Lipinski definition) is 0. The molecular weight excluding hydrogens is 709 g/mol. The fraction of sp³-hybridized carbons (Fsp3) is 0.154. The summed E-state index contributed by atoms with van der Waals surface area (Å²) in [6, 6.07) is 53.4. The molecule has 0 radical (unpaired) electrons. The summed E-state index contributed by atoms with van der Waals surface area (Å²) in [6.45, 7) is 14.0. The molecule has 4 nitrogen and oxygen atoms in total. The van der Waals surface area contributed by atoms with E-state index in [2.05, 4.69) is 161 Å². The maximum absolute atomic E-state index is 5.21. The first kappa shape index (κ1) is 35.1. The fourth-order valence-electron chi connectivity index (χ4n) is 8.98. The van der Waals surface area contributed by atoms with E-state index < -0.39 is 8.07 Å². The molecule has 0 fully saturated rings. The molecule has 10 rings (SSSR count). The Morgan fingerprint density at radius 2 is 0.719 bits per heavy atom. The van der Waals surface area contributed by atoms with Crippen LogP contribution in [0.25, 0.3) is 67.5 Å². The molecule has 4 aromatic carbocycles. The molecular formula is C52H44N4Si. The van der Waals surface area contributed by atoms with Crippen molar-refractivity contribution in [3.05, 3.63) is 169 Å². The summed E-state index contributed by atoms with van der Waals surface area (Å²) in [5.41, 5.74) is 15.6. The van der Waals surface area contributed by atoms with Gasteiger partial charge in [-0.05, 0) is 113 Å². The van der Waals surface area contributed by atoms with Crippen LogP contribution in [-0.2, 0) is 10.8 Å². The highest BCUT2D eigenvalue weighted by molar-refractivity contribution is 7.24. The second kappa shape index (κ2) is 12.9. The van der Waals surface area contributed by atoms with Gasteiger partial charge in [0.25, 0.3) is 0 Å². The number of fused-ring (bicyclic) bond motifs is 10. The van der Waals surface area contributed by atoms with Gasteiger partial charge in [0.05, 0.1) is 34.2 Å².